The predicted molar refractivity (Wildman–Crippen MR) is 84.1 cm³/mol. The molecule has 0 atom stereocenters. The molecule has 1 heterocycles. The first kappa shape index (κ1) is 15.0. The highest BCUT2D eigenvalue weighted by molar-refractivity contribution is 9.12. The molecule has 1 aromatic carbocycles. The quantitative estimate of drug-likeness (QED) is 0.773. The lowest BCUT2D eigenvalue weighted by molar-refractivity contribution is -0.107. The van der Waals surface area contributed by atoms with Gasteiger partial charge in [-0.1, -0.05) is 30.5 Å². The van der Waals surface area contributed by atoms with Crippen LogP contribution in [0.5, 0.6) is 0 Å². The van der Waals surface area contributed by atoms with Crippen molar-refractivity contribution in [1.29, 1.82) is 0 Å². The summed E-state index contributed by atoms with van der Waals surface area (Å²) >= 11 is 4.82. The van der Waals surface area contributed by atoms with Crippen LogP contribution in [0.25, 0.3) is 0 Å². The van der Waals surface area contributed by atoms with E-state index in [1.54, 1.807) is 23.2 Å². The molecule has 0 fully saturated rings. The first-order chi connectivity index (χ1) is 9.60. The van der Waals surface area contributed by atoms with E-state index in [1.807, 2.05) is 0 Å². The number of allylic oxidation sites excluding steroid dienone is 1. The van der Waals surface area contributed by atoms with E-state index in [0.29, 0.717) is 16.6 Å². The Kier molecular flexibility index (Phi) is 5.14. The third-order valence-electron chi connectivity index (χ3n) is 2.57. The van der Waals surface area contributed by atoms with Gasteiger partial charge in [0.2, 0.25) is 0 Å². The second-order valence-corrected chi connectivity index (χ2v) is 5.85. The van der Waals surface area contributed by atoms with Gasteiger partial charge in [-0.25, -0.2) is 9.38 Å². The molecule has 0 spiro atoms. The monoisotopic (exact) mass is 354 g/mol. The number of benzene rings is 1. The summed E-state index contributed by atoms with van der Waals surface area (Å²) in [7, 11) is 0. The van der Waals surface area contributed by atoms with Crippen LogP contribution in [0.15, 0.2) is 52.2 Å². The number of carbonyl (C=O) groups excluding carboxylic acids is 1. The van der Waals surface area contributed by atoms with E-state index in [-0.39, 0.29) is 12.4 Å². The third-order valence-corrected chi connectivity index (χ3v) is 4.30. The maximum atomic E-state index is 12.8. The molecule has 20 heavy (non-hydrogen) atoms. The fraction of sp³-hybridized carbons (Fsp3) is 0.143. The van der Waals surface area contributed by atoms with Gasteiger partial charge in [0.05, 0.1) is 16.7 Å². The van der Waals surface area contributed by atoms with Gasteiger partial charge in [0.25, 0.3) is 0 Å². The molecule has 0 amide bonds. The molecule has 1 aromatic rings. The number of rotatable bonds is 4. The molecule has 6 heteroatoms. The number of hydrogen-bond acceptors (Lipinski definition) is 4. The predicted octanol–water partition coefficient (Wildman–Crippen LogP) is 3.68. The summed E-state index contributed by atoms with van der Waals surface area (Å²) in [5.74, 6) is 0.393. The van der Waals surface area contributed by atoms with Crippen molar-refractivity contribution < 1.29 is 9.18 Å². The molecular weight excluding hydrogens is 343 g/mol. The van der Waals surface area contributed by atoms with Gasteiger partial charge in [0.15, 0.2) is 5.17 Å². The Bertz CT molecular complexity index is 583. The Morgan fingerprint density at radius 3 is 2.75 bits per heavy atom. The van der Waals surface area contributed by atoms with E-state index < -0.39 is 0 Å². The van der Waals surface area contributed by atoms with Crippen LogP contribution >= 0.6 is 27.7 Å². The van der Waals surface area contributed by atoms with E-state index in [4.69, 9.17) is 0 Å². The number of aliphatic imine (C=N–C) groups is 1. The van der Waals surface area contributed by atoms with Gasteiger partial charge in [-0.3, -0.25) is 0 Å². The Hall–Kier alpha value is -1.40. The average Bonchev–Trinajstić information content (AvgIpc) is 2.43. The molecule has 0 aromatic heterocycles. The van der Waals surface area contributed by atoms with Crippen molar-refractivity contribution >= 4 is 39.1 Å². The highest BCUT2D eigenvalue weighted by atomic mass is 79.9. The summed E-state index contributed by atoms with van der Waals surface area (Å²) in [5.41, 5.74) is 1.61. The number of aldehydes is 1. The first-order valence-electron chi connectivity index (χ1n) is 5.83. The van der Waals surface area contributed by atoms with Crippen molar-refractivity contribution in [1.82, 2.24) is 4.90 Å². The third kappa shape index (κ3) is 3.80. The normalized spacial score (nSPS) is 14.9. The zero-order valence-electron chi connectivity index (χ0n) is 10.6. The Balaban J connectivity index is 2.06. The second-order valence-electron chi connectivity index (χ2n) is 4.05. The molecule has 1 aliphatic rings. The largest absolute Gasteiger partial charge is 0.319 e. The van der Waals surface area contributed by atoms with Crippen LogP contribution in [0.2, 0.25) is 0 Å². The highest BCUT2D eigenvalue weighted by Crippen LogP contribution is 2.27. The minimum Gasteiger partial charge on any atom is -0.319 e. The Morgan fingerprint density at radius 1 is 1.40 bits per heavy atom. The molecule has 0 bridgehead atoms. The molecular formula is C14H12BrFN2OS. The van der Waals surface area contributed by atoms with Crippen molar-refractivity contribution in [2.75, 3.05) is 6.54 Å². The lowest BCUT2D eigenvalue weighted by atomic mass is 10.2. The van der Waals surface area contributed by atoms with Gasteiger partial charge < -0.3 is 9.69 Å². The van der Waals surface area contributed by atoms with Crippen molar-refractivity contribution in [3.8, 4) is 0 Å². The number of thioether (sulfide) groups is 1. The summed E-state index contributed by atoms with van der Waals surface area (Å²) in [5, 5.41) is 0.703. The fourth-order valence-corrected chi connectivity index (χ4v) is 2.85. The van der Waals surface area contributed by atoms with Gasteiger partial charge in [-0.2, -0.15) is 0 Å². The summed E-state index contributed by atoms with van der Waals surface area (Å²) in [6, 6.07) is 6.32. The molecule has 1 aliphatic heterocycles. The van der Waals surface area contributed by atoms with Crippen LogP contribution in [0.4, 0.5) is 4.39 Å². The first-order valence-corrected chi connectivity index (χ1v) is 7.61. The van der Waals surface area contributed by atoms with Gasteiger partial charge in [0.1, 0.15) is 12.1 Å². The smallest absolute Gasteiger partial charge is 0.169 e. The van der Waals surface area contributed by atoms with E-state index in [0.717, 1.165) is 16.3 Å². The summed E-state index contributed by atoms with van der Waals surface area (Å²) in [6.07, 6.45) is 2.61. The lowest BCUT2D eigenvalue weighted by Gasteiger charge is -2.24. The molecule has 3 nitrogen and oxygen atoms in total. The number of halogens is 2. The topological polar surface area (TPSA) is 32.7 Å². The molecule has 0 N–H and O–H groups in total. The minimum absolute atomic E-state index is 0.234. The average molecular weight is 355 g/mol. The summed E-state index contributed by atoms with van der Waals surface area (Å²) < 4.78 is 13.6. The SMILES string of the molecule is C=C1N=C(SCc2ccc(F)cc2)N(CC=O)C=C1Br. The second kappa shape index (κ2) is 6.85. The van der Waals surface area contributed by atoms with Gasteiger partial charge in [0, 0.05) is 12.0 Å². The van der Waals surface area contributed by atoms with E-state index >= 15 is 0 Å². The van der Waals surface area contributed by atoms with E-state index in [9.17, 15) is 9.18 Å². The lowest BCUT2D eigenvalue weighted by Crippen LogP contribution is -2.28. The molecule has 0 radical (unpaired) electrons. The number of carbonyl (C=O) groups is 1. The zero-order chi connectivity index (χ0) is 14.5. The van der Waals surface area contributed by atoms with Gasteiger partial charge >= 0.3 is 0 Å². The van der Waals surface area contributed by atoms with E-state index in [2.05, 4.69) is 27.5 Å². The standard InChI is InChI=1S/C14H12BrFN2OS/c1-10-13(15)8-18(6-7-19)14(17-10)20-9-11-2-4-12(16)5-3-11/h2-5,7-8H,1,6,9H2. The van der Waals surface area contributed by atoms with Crippen LogP contribution < -0.4 is 0 Å². The molecule has 0 saturated carbocycles. The van der Waals surface area contributed by atoms with Crippen molar-refractivity contribution in [3.05, 3.63) is 58.6 Å². The number of nitrogens with zero attached hydrogens (tertiary/aromatic N) is 2. The van der Waals surface area contributed by atoms with Crippen molar-refractivity contribution in [3.63, 3.8) is 0 Å². The van der Waals surface area contributed by atoms with Crippen LogP contribution in [-0.4, -0.2) is 22.9 Å². The molecule has 0 saturated heterocycles. The maximum Gasteiger partial charge on any atom is 0.169 e. The zero-order valence-corrected chi connectivity index (χ0v) is 13.0. The fourth-order valence-electron chi connectivity index (χ4n) is 1.55. The molecule has 2 rings (SSSR count). The number of hydrogen-bond donors (Lipinski definition) is 0. The van der Waals surface area contributed by atoms with Crippen LogP contribution in [-0.2, 0) is 10.5 Å². The summed E-state index contributed by atoms with van der Waals surface area (Å²) in [6.45, 7) is 4.06. The minimum atomic E-state index is -0.253. The van der Waals surface area contributed by atoms with Crippen molar-refractivity contribution in [2.24, 2.45) is 4.99 Å². The number of amidine groups is 1. The highest BCUT2D eigenvalue weighted by Gasteiger charge is 2.17. The summed E-state index contributed by atoms with van der Waals surface area (Å²) in [4.78, 5) is 16.8. The Labute approximate surface area is 129 Å². The van der Waals surface area contributed by atoms with Gasteiger partial charge in [-0.05, 0) is 33.6 Å². The van der Waals surface area contributed by atoms with Crippen LogP contribution in [0, 0.1) is 5.82 Å². The van der Waals surface area contributed by atoms with Crippen LogP contribution in [0.3, 0.4) is 0 Å². The Morgan fingerprint density at radius 2 is 2.10 bits per heavy atom. The van der Waals surface area contributed by atoms with Crippen molar-refractivity contribution in [2.45, 2.75) is 5.75 Å². The van der Waals surface area contributed by atoms with Crippen LogP contribution in [0.1, 0.15) is 5.56 Å². The van der Waals surface area contributed by atoms with Gasteiger partial charge in [-0.15, -0.1) is 0 Å². The maximum absolute atomic E-state index is 12.8. The molecule has 0 unspecified atom stereocenters. The molecule has 104 valence electrons. The van der Waals surface area contributed by atoms with E-state index in [1.165, 1.54) is 23.9 Å². The molecule has 0 aliphatic carbocycles.